The highest BCUT2D eigenvalue weighted by Gasteiger charge is 2.14. The Labute approximate surface area is 184 Å². The third kappa shape index (κ3) is 4.43. The fourth-order valence-electron chi connectivity index (χ4n) is 3.39. The van der Waals surface area contributed by atoms with Crippen molar-refractivity contribution in [1.29, 1.82) is 0 Å². The first kappa shape index (κ1) is 21.0. The summed E-state index contributed by atoms with van der Waals surface area (Å²) in [6.07, 6.45) is 0. The SMILES string of the molecule is COc1ccc(-c2cc(C(=O)NCc3ccc(C(=O)NO)cc3)c3ccccc3n2)cc1. The van der Waals surface area contributed by atoms with Crippen LogP contribution in [0.4, 0.5) is 0 Å². The molecule has 7 heteroatoms. The Hall–Kier alpha value is -4.23. The average molecular weight is 427 g/mol. The van der Waals surface area contributed by atoms with E-state index in [-0.39, 0.29) is 12.5 Å². The quantitative estimate of drug-likeness (QED) is 0.319. The van der Waals surface area contributed by atoms with E-state index in [2.05, 4.69) is 5.32 Å². The van der Waals surface area contributed by atoms with E-state index >= 15 is 0 Å². The first-order valence-electron chi connectivity index (χ1n) is 9.95. The zero-order valence-corrected chi connectivity index (χ0v) is 17.3. The number of hydrogen-bond donors (Lipinski definition) is 3. The summed E-state index contributed by atoms with van der Waals surface area (Å²) in [5.41, 5.74) is 5.56. The first-order valence-corrected chi connectivity index (χ1v) is 9.95. The van der Waals surface area contributed by atoms with Crippen LogP contribution in [-0.2, 0) is 6.54 Å². The molecular weight excluding hydrogens is 406 g/mol. The second-order valence-electron chi connectivity index (χ2n) is 7.12. The van der Waals surface area contributed by atoms with Gasteiger partial charge in [-0.25, -0.2) is 10.5 Å². The van der Waals surface area contributed by atoms with Crippen molar-refractivity contribution in [2.75, 3.05) is 7.11 Å². The first-order chi connectivity index (χ1) is 15.6. The van der Waals surface area contributed by atoms with Crippen molar-refractivity contribution in [3.05, 3.63) is 95.6 Å². The van der Waals surface area contributed by atoms with Crippen molar-refractivity contribution < 1.29 is 19.5 Å². The molecule has 1 aromatic heterocycles. The summed E-state index contributed by atoms with van der Waals surface area (Å²) in [5, 5.41) is 12.4. The molecule has 4 rings (SSSR count). The molecule has 0 aliphatic rings. The summed E-state index contributed by atoms with van der Waals surface area (Å²) in [4.78, 5) is 29.2. The summed E-state index contributed by atoms with van der Waals surface area (Å²) in [7, 11) is 1.61. The lowest BCUT2D eigenvalue weighted by Gasteiger charge is -2.11. The zero-order chi connectivity index (χ0) is 22.5. The van der Waals surface area contributed by atoms with E-state index in [1.54, 1.807) is 42.9 Å². The number of hydroxylamine groups is 1. The van der Waals surface area contributed by atoms with Gasteiger partial charge in [0.1, 0.15) is 5.75 Å². The molecule has 0 bridgehead atoms. The van der Waals surface area contributed by atoms with E-state index < -0.39 is 5.91 Å². The van der Waals surface area contributed by atoms with E-state index in [1.807, 2.05) is 48.5 Å². The Bertz CT molecular complexity index is 1270. The number of aromatic nitrogens is 1. The van der Waals surface area contributed by atoms with Crippen LogP contribution in [-0.4, -0.2) is 29.1 Å². The zero-order valence-electron chi connectivity index (χ0n) is 17.3. The molecule has 0 unspecified atom stereocenters. The minimum atomic E-state index is -0.588. The molecule has 1 heterocycles. The molecule has 2 amide bonds. The number of benzene rings is 3. The molecule has 3 N–H and O–H groups in total. The number of amides is 2. The molecule has 3 aromatic carbocycles. The molecule has 7 nitrogen and oxygen atoms in total. The van der Waals surface area contributed by atoms with Crippen LogP contribution in [0.5, 0.6) is 5.75 Å². The predicted octanol–water partition coefficient (Wildman–Crippen LogP) is 3.96. The summed E-state index contributed by atoms with van der Waals surface area (Å²) in [6.45, 7) is 0.286. The number of nitrogens with zero attached hydrogens (tertiary/aromatic N) is 1. The van der Waals surface area contributed by atoms with Crippen LogP contribution in [0.15, 0.2) is 78.9 Å². The molecule has 160 valence electrons. The average Bonchev–Trinajstić information content (AvgIpc) is 2.86. The maximum atomic E-state index is 13.1. The number of methoxy groups -OCH3 is 1. The molecule has 0 atom stereocenters. The minimum absolute atomic E-state index is 0.226. The molecule has 0 radical (unpaired) electrons. The molecule has 0 aliphatic carbocycles. The highest BCUT2D eigenvalue weighted by molar-refractivity contribution is 6.07. The van der Waals surface area contributed by atoms with Gasteiger partial charge in [0.2, 0.25) is 0 Å². The van der Waals surface area contributed by atoms with Crippen molar-refractivity contribution in [3.63, 3.8) is 0 Å². The summed E-state index contributed by atoms with van der Waals surface area (Å²) in [5.74, 6) is -0.0690. The topological polar surface area (TPSA) is 101 Å². The number of hydrogen-bond acceptors (Lipinski definition) is 5. The van der Waals surface area contributed by atoms with Crippen LogP contribution in [0.2, 0.25) is 0 Å². The van der Waals surface area contributed by atoms with Gasteiger partial charge in [-0.3, -0.25) is 14.8 Å². The molecule has 4 aromatic rings. The van der Waals surface area contributed by atoms with E-state index in [0.717, 1.165) is 27.8 Å². The lowest BCUT2D eigenvalue weighted by Crippen LogP contribution is -2.23. The van der Waals surface area contributed by atoms with Crippen LogP contribution >= 0.6 is 0 Å². The van der Waals surface area contributed by atoms with E-state index in [9.17, 15) is 9.59 Å². The number of carbonyl (C=O) groups is 2. The molecule has 32 heavy (non-hydrogen) atoms. The van der Waals surface area contributed by atoms with Crippen molar-refractivity contribution in [1.82, 2.24) is 15.8 Å². The van der Waals surface area contributed by atoms with Crippen molar-refractivity contribution in [3.8, 4) is 17.0 Å². The molecule has 0 saturated carbocycles. The lowest BCUT2D eigenvalue weighted by atomic mass is 10.0. The van der Waals surface area contributed by atoms with Crippen LogP contribution in [0.1, 0.15) is 26.3 Å². The molecule has 0 aliphatic heterocycles. The number of nitrogens with one attached hydrogen (secondary N) is 2. The third-order valence-corrected chi connectivity index (χ3v) is 5.12. The lowest BCUT2D eigenvalue weighted by molar-refractivity contribution is 0.0706. The number of fused-ring (bicyclic) bond motifs is 1. The second-order valence-corrected chi connectivity index (χ2v) is 7.12. The molecule has 0 saturated heterocycles. The van der Waals surface area contributed by atoms with Gasteiger partial charge in [-0.1, -0.05) is 30.3 Å². The van der Waals surface area contributed by atoms with Gasteiger partial charge in [-0.15, -0.1) is 0 Å². The molecular formula is C25H21N3O4. The van der Waals surface area contributed by atoms with Crippen LogP contribution < -0.4 is 15.5 Å². The number of para-hydroxylation sites is 1. The van der Waals surface area contributed by atoms with Gasteiger partial charge in [0.25, 0.3) is 11.8 Å². The normalized spacial score (nSPS) is 10.6. The van der Waals surface area contributed by atoms with Crippen LogP contribution in [0.25, 0.3) is 22.2 Å². The Morgan fingerprint density at radius 2 is 1.66 bits per heavy atom. The number of carbonyl (C=O) groups excluding carboxylic acids is 2. The maximum absolute atomic E-state index is 13.1. The van der Waals surface area contributed by atoms with Crippen LogP contribution in [0, 0.1) is 0 Å². The Balaban J connectivity index is 1.60. The molecule has 0 spiro atoms. The standard InChI is InChI=1S/C25H21N3O4/c1-32-19-12-10-17(11-13-19)23-14-21(20-4-2-3-5-22(20)27-23)25(30)26-15-16-6-8-18(9-7-16)24(29)28-31/h2-14,31H,15H2,1H3,(H,26,30)(H,28,29). The summed E-state index contributed by atoms with van der Waals surface area (Å²) in [6, 6.07) is 23.4. The van der Waals surface area contributed by atoms with Gasteiger partial charge in [0, 0.05) is 23.1 Å². The minimum Gasteiger partial charge on any atom is -0.497 e. The van der Waals surface area contributed by atoms with Gasteiger partial charge in [0.15, 0.2) is 0 Å². The van der Waals surface area contributed by atoms with E-state index in [1.165, 1.54) is 0 Å². The smallest absolute Gasteiger partial charge is 0.274 e. The predicted molar refractivity (Wildman–Crippen MR) is 121 cm³/mol. The maximum Gasteiger partial charge on any atom is 0.274 e. The monoisotopic (exact) mass is 427 g/mol. The number of ether oxygens (including phenoxy) is 1. The summed E-state index contributed by atoms with van der Waals surface area (Å²) >= 11 is 0. The highest BCUT2D eigenvalue weighted by atomic mass is 16.5. The van der Waals surface area contributed by atoms with Gasteiger partial charge in [0.05, 0.1) is 23.9 Å². The fraction of sp³-hybridized carbons (Fsp3) is 0.0800. The van der Waals surface area contributed by atoms with Crippen LogP contribution in [0.3, 0.4) is 0 Å². The Kier molecular flexibility index (Phi) is 6.10. The largest absolute Gasteiger partial charge is 0.497 e. The van der Waals surface area contributed by atoms with Gasteiger partial charge in [-0.2, -0.15) is 0 Å². The van der Waals surface area contributed by atoms with Crippen molar-refractivity contribution >= 4 is 22.7 Å². The third-order valence-electron chi connectivity index (χ3n) is 5.12. The highest BCUT2D eigenvalue weighted by Crippen LogP contribution is 2.26. The Morgan fingerprint density at radius 1 is 0.938 bits per heavy atom. The number of rotatable bonds is 6. The van der Waals surface area contributed by atoms with Gasteiger partial charge < -0.3 is 10.1 Å². The van der Waals surface area contributed by atoms with Gasteiger partial charge >= 0.3 is 0 Å². The summed E-state index contributed by atoms with van der Waals surface area (Å²) < 4.78 is 5.22. The second kappa shape index (κ2) is 9.28. The fourth-order valence-corrected chi connectivity index (χ4v) is 3.39. The van der Waals surface area contributed by atoms with Gasteiger partial charge in [-0.05, 0) is 54.1 Å². The number of pyridine rings is 1. The van der Waals surface area contributed by atoms with E-state index in [0.29, 0.717) is 16.8 Å². The van der Waals surface area contributed by atoms with Crippen molar-refractivity contribution in [2.45, 2.75) is 6.54 Å². The molecule has 0 fully saturated rings. The Morgan fingerprint density at radius 3 is 2.34 bits per heavy atom. The van der Waals surface area contributed by atoms with E-state index in [4.69, 9.17) is 14.9 Å². The van der Waals surface area contributed by atoms with Crippen molar-refractivity contribution in [2.24, 2.45) is 0 Å².